The first kappa shape index (κ1) is 12.8. The predicted molar refractivity (Wildman–Crippen MR) is 57.6 cm³/mol. The molecule has 0 heterocycles. The maximum atomic E-state index is 10.6. The summed E-state index contributed by atoms with van der Waals surface area (Å²) < 4.78 is 4.86. The Morgan fingerprint density at radius 1 is 1.43 bits per heavy atom. The van der Waals surface area contributed by atoms with Crippen molar-refractivity contribution >= 4 is 5.97 Å². The van der Waals surface area contributed by atoms with Crippen molar-refractivity contribution in [2.45, 2.75) is 40.7 Å². The van der Waals surface area contributed by atoms with E-state index in [1.165, 1.54) is 6.92 Å². The molecule has 0 aliphatic rings. The van der Waals surface area contributed by atoms with Crippen molar-refractivity contribution in [3.8, 4) is 11.8 Å². The van der Waals surface area contributed by atoms with E-state index in [0.29, 0.717) is 0 Å². The molecule has 0 saturated carbocycles. The monoisotopic (exact) mass is 194 g/mol. The summed E-state index contributed by atoms with van der Waals surface area (Å²) in [5, 5.41) is 0. The molecule has 0 aliphatic carbocycles. The summed E-state index contributed by atoms with van der Waals surface area (Å²) in [5.74, 6) is 5.42. The number of allylic oxidation sites excluding steroid dienone is 1. The zero-order chi connectivity index (χ0) is 11.4. The van der Waals surface area contributed by atoms with Crippen LogP contribution in [0, 0.1) is 17.3 Å². The fourth-order valence-corrected chi connectivity index (χ4v) is 0.655. The van der Waals surface area contributed by atoms with Crippen molar-refractivity contribution < 1.29 is 9.53 Å². The SMILES string of the molecule is C=C(C#CC(C)OC(C)=O)C(C)(C)C. The third-order valence-electron chi connectivity index (χ3n) is 1.67. The van der Waals surface area contributed by atoms with Gasteiger partial charge in [0.25, 0.3) is 0 Å². The van der Waals surface area contributed by atoms with E-state index in [-0.39, 0.29) is 17.5 Å². The Morgan fingerprint density at radius 3 is 2.29 bits per heavy atom. The first-order valence-electron chi connectivity index (χ1n) is 4.61. The molecule has 1 unspecified atom stereocenters. The molecule has 2 heteroatoms. The lowest BCUT2D eigenvalue weighted by atomic mass is 9.88. The highest BCUT2D eigenvalue weighted by molar-refractivity contribution is 5.66. The van der Waals surface area contributed by atoms with Crippen molar-refractivity contribution in [2.24, 2.45) is 5.41 Å². The molecule has 0 aromatic heterocycles. The number of carbonyl (C=O) groups is 1. The summed E-state index contributed by atoms with van der Waals surface area (Å²) in [6, 6.07) is 0. The van der Waals surface area contributed by atoms with Gasteiger partial charge in [0.05, 0.1) is 0 Å². The van der Waals surface area contributed by atoms with Gasteiger partial charge in [-0.05, 0) is 12.3 Å². The largest absolute Gasteiger partial charge is 0.450 e. The second kappa shape index (κ2) is 4.85. The molecule has 0 rings (SSSR count). The summed E-state index contributed by atoms with van der Waals surface area (Å²) in [7, 11) is 0. The van der Waals surface area contributed by atoms with E-state index in [1.54, 1.807) is 6.92 Å². The van der Waals surface area contributed by atoms with Gasteiger partial charge in [-0.25, -0.2) is 0 Å². The number of carbonyl (C=O) groups excluding carboxylic acids is 1. The molecule has 0 amide bonds. The molecular formula is C12H18O2. The van der Waals surface area contributed by atoms with Crippen molar-refractivity contribution in [3.05, 3.63) is 12.2 Å². The molecule has 1 atom stereocenters. The zero-order valence-corrected chi connectivity index (χ0v) is 9.60. The average Bonchev–Trinajstić information content (AvgIpc) is 1.96. The van der Waals surface area contributed by atoms with Crippen LogP contribution in [-0.4, -0.2) is 12.1 Å². The Morgan fingerprint density at radius 2 is 1.93 bits per heavy atom. The number of rotatable bonds is 1. The maximum absolute atomic E-state index is 10.6. The number of ether oxygens (including phenoxy) is 1. The highest BCUT2D eigenvalue weighted by Crippen LogP contribution is 2.22. The normalized spacial score (nSPS) is 12.4. The third-order valence-corrected chi connectivity index (χ3v) is 1.67. The van der Waals surface area contributed by atoms with Gasteiger partial charge in [-0.1, -0.05) is 39.2 Å². The molecule has 0 fully saturated rings. The fraction of sp³-hybridized carbons (Fsp3) is 0.583. The van der Waals surface area contributed by atoms with Crippen LogP contribution < -0.4 is 0 Å². The molecule has 0 aromatic carbocycles. The Labute approximate surface area is 86.3 Å². The number of esters is 1. The smallest absolute Gasteiger partial charge is 0.303 e. The van der Waals surface area contributed by atoms with E-state index < -0.39 is 0 Å². The van der Waals surface area contributed by atoms with Gasteiger partial charge in [0.2, 0.25) is 0 Å². The molecule has 0 radical (unpaired) electrons. The Bertz CT molecular complexity index is 284. The van der Waals surface area contributed by atoms with Crippen molar-refractivity contribution in [1.29, 1.82) is 0 Å². The quantitative estimate of drug-likeness (QED) is 0.473. The highest BCUT2D eigenvalue weighted by Gasteiger charge is 2.12. The lowest BCUT2D eigenvalue weighted by molar-refractivity contribution is -0.143. The lowest BCUT2D eigenvalue weighted by Crippen LogP contribution is -2.11. The van der Waals surface area contributed by atoms with Crippen LogP contribution in [0.4, 0.5) is 0 Å². The zero-order valence-electron chi connectivity index (χ0n) is 9.60. The molecule has 2 nitrogen and oxygen atoms in total. The molecule has 0 N–H and O–H groups in total. The molecule has 0 saturated heterocycles. The van der Waals surface area contributed by atoms with Crippen LogP contribution in [0.15, 0.2) is 12.2 Å². The minimum atomic E-state index is -0.369. The van der Waals surface area contributed by atoms with Gasteiger partial charge in [0, 0.05) is 12.5 Å². The summed E-state index contributed by atoms with van der Waals surface area (Å²) >= 11 is 0. The molecule has 14 heavy (non-hydrogen) atoms. The summed E-state index contributed by atoms with van der Waals surface area (Å²) in [4.78, 5) is 10.6. The minimum absolute atomic E-state index is 0.0249. The van der Waals surface area contributed by atoms with Crippen LogP contribution in [0.2, 0.25) is 0 Å². The van der Waals surface area contributed by atoms with Crippen molar-refractivity contribution in [2.75, 3.05) is 0 Å². The van der Waals surface area contributed by atoms with Gasteiger partial charge < -0.3 is 4.74 Å². The van der Waals surface area contributed by atoms with E-state index in [4.69, 9.17) is 4.74 Å². The van der Waals surface area contributed by atoms with Gasteiger partial charge >= 0.3 is 5.97 Å². The van der Waals surface area contributed by atoms with Gasteiger partial charge in [0.1, 0.15) is 0 Å². The van der Waals surface area contributed by atoms with Crippen LogP contribution in [-0.2, 0) is 9.53 Å². The molecule has 0 bridgehead atoms. The topological polar surface area (TPSA) is 26.3 Å². The van der Waals surface area contributed by atoms with Gasteiger partial charge in [-0.15, -0.1) is 0 Å². The second-order valence-corrected chi connectivity index (χ2v) is 4.25. The molecule has 0 spiro atoms. The summed E-state index contributed by atoms with van der Waals surface area (Å²) in [6.07, 6.45) is -0.369. The molecule has 0 aliphatic heterocycles. The predicted octanol–water partition coefficient (Wildman–Crippen LogP) is 2.54. The van der Waals surface area contributed by atoms with Gasteiger partial charge in [-0.3, -0.25) is 4.79 Å². The van der Waals surface area contributed by atoms with E-state index >= 15 is 0 Å². The lowest BCUT2D eigenvalue weighted by Gasteiger charge is -2.16. The summed E-state index contributed by atoms with van der Waals surface area (Å²) in [6.45, 7) is 13.1. The van der Waals surface area contributed by atoms with E-state index in [1.807, 2.05) is 20.8 Å². The van der Waals surface area contributed by atoms with Gasteiger partial charge in [0.15, 0.2) is 6.10 Å². The standard InChI is InChI=1S/C12H18O2/c1-9(12(4,5)6)7-8-10(2)14-11(3)13/h10H,1H2,2-6H3. The Balaban J connectivity index is 4.30. The van der Waals surface area contributed by atoms with Crippen LogP contribution in [0.3, 0.4) is 0 Å². The number of hydrogen-bond acceptors (Lipinski definition) is 2. The second-order valence-electron chi connectivity index (χ2n) is 4.25. The summed E-state index contributed by atoms with van der Waals surface area (Å²) in [5.41, 5.74) is 0.819. The van der Waals surface area contributed by atoms with Crippen molar-refractivity contribution in [3.63, 3.8) is 0 Å². The molecular weight excluding hydrogens is 176 g/mol. The maximum Gasteiger partial charge on any atom is 0.303 e. The van der Waals surface area contributed by atoms with Crippen LogP contribution >= 0.6 is 0 Å². The van der Waals surface area contributed by atoms with Gasteiger partial charge in [-0.2, -0.15) is 0 Å². The van der Waals surface area contributed by atoms with Crippen LogP contribution in [0.25, 0.3) is 0 Å². The average molecular weight is 194 g/mol. The minimum Gasteiger partial charge on any atom is -0.450 e. The molecule has 0 aromatic rings. The Hall–Kier alpha value is -1.23. The van der Waals surface area contributed by atoms with Crippen LogP contribution in [0.5, 0.6) is 0 Å². The molecule has 78 valence electrons. The Kier molecular flexibility index (Phi) is 4.43. The van der Waals surface area contributed by atoms with Crippen molar-refractivity contribution in [1.82, 2.24) is 0 Å². The van der Waals surface area contributed by atoms with E-state index in [9.17, 15) is 4.79 Å². The number of hydrogen-bond donors (Lipinski definition) is 0. The van der Waals surface area contributed by atoms with E-state index in [0.717, 1.165) is 5.57 Å². The fourth-order valence-electron chi connectivity index (χ4n) is 0.655. The van der Waals surface area contributed by atoms with E-state index in [2.05, 4.69) is 18.4 Å². The first-order valence-corrected chi connectivity index (χ1v) is 4.61. The first-order chi connectivity index (χ1) is 6.23. The third kappa shape index (κ3) is 5.42. The van der Waals surface area contributed by atoms with Crippen LogP contribution in [0.1, 0.15) is 34.6 Å². The highest BCUT2D eigenvalue weighted by atomic mass is 16.5.